The van der Waals surface area contributed by atoms with E-state index in [4.69, 9.17) is 5.11 Å². The van der Waals surface area contributed by atoms with Crippen LogP contribution in [0.4, 0.5) is 5.69 Å². The molecule has 2 heterocycles. The van der Waals surface area contributed by atoms with E-state index in [9.17, 15) is 14.7 Å². The van der Waals surface area contributed by atoms with Gasteiger partial charge in [0, 0.05) is 42.7 Å². The third-order valence-corrected chi connectivity index (χ3v) is 5.56. The topological polar surface area (TPSA) is 93.1 Å². The second kappa shape index (κ2) is 6.55. The van der Waals surface area contributed by atoms with Crippen LogP contribution in [0.2, 0.25) is 0 Å². The van der Waals surface area contributed by atoms with E-state index in [1.54, 1.807) is 29.2 Å². The van der Waals surface area contributed by atoms with Gasteiger partial charge < -0.3 is 25.3 Å². The maximum Gasteiger partial charge on any atom is 0.322 e. The molecule has 7 nitrogen and oxygen atoms in total. The molecular formula is C19H27N3O4. The van der Waals surface area contributed by atoms with Gasteiger partial charge in [-0.25, -0.2) is 0 Å². The molecule has 1 aromatic carbocycles. The van der Waals surface area contributed by atoms with Crippen LogP contribution in [0, 0.1) is 10.8 Å². The summed E-state index contributed by atoms with van der Waals surface area (Å²) >= 11 is 0. The molecule has 26 heavy (non-hydrogen) atoms. The van der Waals surface area contributed by atoms with Gasteiger partial charge in [-0.2, -0.15) is 0 Å². The van der Waals surface area contributed by atoms with Crippen molar-refractivity contribution in [1.82, 2.24) is 9.80 Å². The van der Waals surface area contributed by atoms with E-state index in [1.807, 2.05) is 20.9 Å². The fourth-order valence-corrected chi connectivity index (χ4v) is 4.81. The summed E-state index contributed by atoms with van der Waals surface area (Å²) in [6, 6.07) is 6.97. The number of benzene rings is 1. The number of rotatable bonds is 4. The van der Waals surface area contributed by atoms with E-state index in [1.165, 1.54) is 0 Å². The van der Waals surface area contributed by atoms with Crippen molar-refractivity contribution in [3.63, 3.8) is 0 Å². The third kappa shape index (κ3) is 3.29. The van der Waals surface area contributed by atoms with Gasteiger partial charge in [-0.15, -0.1) is 0 Å². The molecule has 2 fully saturated rings. The van der Waals surface area contributed by atoms with Crippen molar-refractivity contribution in [1.29, 1.82) is 0 Å². The standard InChI is InChI=1S/C19H27N3O4/c1-18-9-21(3)10-19(2,17(18)26)12-22(11-18)16(25)13-6-4-5-7-14(13)20-8-15(23)24/h4-7,17,20,26H,8-12H2,1-3H3,(H,23,24)/t18-,19-/m1/s1. The highest BCUT2D eigenvalue weighted by molar-refractivity contribution is 6.00. The maximum atomic E-state index is 13.2. The molecule has 2 aliphatic heterocycles. The van der Waals surface area contributed by atoms with Crippen molar-refractivity contribution >= 4 is 17.6 Å². The Hall–Kier alpha value is -2.12. The number of piperidine rings is 2. The lowest BCUT2D eigenvalue weighted by atomic mass is 9.63. The first-order valence-corrected chi connectivity index (χ1v) is 8.85. The van der Waals surface area contributed by atoms with Gasteiger partial charge in [0.25, 0.3) is 5.91 Å². The van der Waals surface area contributed by atoms with Gasteiger partial charge in [0.2, 0.25) is 0 Å². The first-order valence-electron chi connectivity index (χ1n) is 8.85. The summed E-state index contributed by atoms with van der Waals surface area (Å²) in [5, 5.41) is 22.6. The van der Waals surface area contributed by atoms with Crippen molar-refractivity contribution in [3.8, 4) is 0 Å². The first kappa shape index (κ1) is 18.7. The van der Waals surface area contributed by atoms with Crippen LogP contribution in [-0.4, -0.2) is 77.8 Å². The zero-order valence-corrected chi connectivity index (χ0v) is 15.5. The Bertz CT molecular complexity index is 702. The Morgan fingerprint density at radius 1 is 1.15 bits per heavy atom. The average Bonchev–Trinajstić information content (AvgIpc) is 2.55. The van der Waals surface area contributed by atoms with Crippen molar-refractivity contribution in [2.45, 2.75) is 20.0 Å². The molecular weight excluding hydrogens is 334 g/mol. The molecule has 3 rings (SSSR count). The lowest BCUT2D eigenvalue weighted by Crippen LogP contribution is -2.70. The molecule has 142 valence electrons. The average molecular weight is 361 g/mol. The van der Waals surface area contributed by atoms with Crippen LogP contribution in [0.25, 0.3) is 0 Å². The number of aliphatic hydroxyl groups is 1. The SMILES string of the molecule is CN1C[C@]2(C)CN(C(=O)c3ccccc3NCC(=O)O)C[C@@](C)(C1)C2O. The molecule has 0 aromatic heterocycles. The number of anilines is 1. The Labute approximate surface area is 153 Å². The number of nitrogens with zero attached hydrogens (tertiary/aromatic N) is 2. The predicted molar refractivity (Wildman–Crippen MR) is 98.2 cm³/mol. The molecule has 2 bridgehead atoms. The molecule has 0 saturated carbocycles. The fraction of sp³-hybridized carbons (Fsp3) is 0.579. The first-order chi connectivity index (χ1) is 12.1. The second-order valence-corrected chi connectivity index (χ2v) is 8.34. The van der Waals surface area contributed by atoms with Gasteiger partial charge in [0.15, 0.2) is 0 Å². The van der Waals surface area contributed by atoms with Crippen LogP contribution in [0.3, 0.4) is 0 Å². The lowest BCUT2D eigenvalue weighted by molar-refractivity contribution is -0.161. The van der Waals surface area contributed by atoms with E-state index < -0.39 is 12.1 Å². The number of carbonyl (C=O) groups is 2. The van der Waals surface area contributed by atoms with Gasteiger partial charge in [-0.05, 0) is 19.2 Å². The van der Waals surface area contributed by atoms with Crippen LogP contribution in [0.5, 0.6) is 0 Å². The van der Waals surface area contributed by atoms with Crippen LogP contribution >= 0.6 is 0 Å². The molecule has 0 radical (unpaired) electrons. The molecule has 3 N–H and O–H groups in total. The second-order valence-electron chi connectivity index (χ2n) is 8.34. The zero-order chi connectivity index (χ0) is 19.1. The van der Waals surface area contributed by atoms with E-state index in [0.717, 1.165) is 13.1 Å². The van der Waals surface area contributed by atoms with Gasteiger partial charge in [0.05, 0.1) is 11.7 Å². The van der Waals surface area contributed by atoms with E-state index >= 15 is 0 Å². The summed E-state index contributed by atoms with van der Waals surface area (Å²) in [4.78, 5) is 28.1. The molecule has 2 aliphatic rings. The summed E-state index contributed by atoms with van der Waals surface area (Å²) in [5.41, 5.74) is 0.199. The Kier molecular flexibility index (Phi) is 4.71. The molecule has 0 aliphatic carbocycles. The highest BCUT2D eigenvalue weighted by atomic mass is 16.4. The highest BCUT2D eigenvalue weighted by Gasteiger charge is 2.55. The third-order valence-electron chi connectivity index (χ3n) is 5.56. The number of fused-ring (bicyclic) bond motifs is 2. The normalized spacial score (nSPS) is 31.5. The van der Waals surface area contributed by atoms with Gasteiger partial charge >= 0.3 is 5.97 Å². The number of hydrogen-bond acceptors (Lipinski definition) is 5. The number of aliphatic hydroxyl groups excluding tert-OH is 1. The smallest absolute Gasteiger partial charge is 0.322 e. The predicted octanol–water partition coefficient (Wildman–Crippen LogP) is 0.958. The van der Waals surface area contributed by atoms with Crippen LogP contribution < -0.4 is 5.32 Å². The molecule has 2 atom stereocenters. The minimum absolute atomic E-state index is 0.132. The molecule has 0 unspecified atom stereocenters. The van der Waals surface area contributed by atoms with Crippen molar-refractivity contribution in [2.24, 2.45) is 10.8 Å². The summed E-state index contributed by atoms with van der Waals surface area (Å²) in [7, 11) is 2.05. The number of amides is 1. The minimum atomic E-state index is -0.981. The number of nitrogens with one attached hydrogen (secondary N) is 1. The van der Waals surface area contributed by atoms with Crippen LogP contribution in [0.1, 0.15) is 24.2 Å². The number of carboxylic acids is 1. The fourth-order valence-electron chi connectivity index (χ4n) is 4.81. The van der Waals surface area contributed by atoms with E-state index in [-0.39, 0.29) is 23.3 Å². The Balaban J connectivity index is 1.87. The van der Waals surface area contributed by atoms with E-state index in [0.29, 0.717) is 24.3 Å². The van der Waals surface area contributed by atoms with Gasteiger partial charge in [-0.3, -0.25) is 9.59 Å². The molecule has 1 amide bonds. The monoisotopic (exact) mass is 361 g/mol. The number of aliphatic carboxylic acids is 1. The Morgan fingerprint density at radius 3 is 2.31 bits per heavy atom. The molecule has 0 spiro atoms. The number of carboxylic acid groups (broad SMARTS) is 1. The summed E-state index contributed by atoms with van der Waals surface area (Å²) in [6.45, 7) is 6.21. The number of carbonyl (C=O) groups excluding carboxylic acids is 1. The molecule has 1 aromatic rings. The Morgan fingerprint density at radius 2 is 1.73 bits per heavy atom. The molecule has 7 heteroatoms. The maximum absolute atomic E-state index is 13.2. The number of para-hydroxylation sites is 1. The van der Waals surface area contributed by atoms with Gasteiger partial charge in [0.1, 0.15) is 6.54 Å². The minimum Gasteiger partial charge on any atom is -0.480 e. The van der Waals surface area contributed by atoms with Crippen molar-refractivity contribution in [2.75, 3.05) is 45.1 Å². The quantitative estimate of drug-likeness (QED) is 0.740. The number of hydrogen-bond donors (Lipinski definition) is 3. The van der Waals surface area contributed by atoms with Crippen LogP contribution in [-0.2, 0) is 4.79 Å². The number of likely N-dealkylation sites (tertiary alicyclic amines) is 2. The lowest BCUT2D eigenvalue weighted by Gasteiger charge is -2.59. The summed E-state index contributed by atoms with van der Waals surface area (Å²) < 4.78 is 0. The summed E-state index contributed by atoms with van der Waals surface area (Å²) in [6.07, 6.45) is -0.462. The van der Waals surface area contributed by atoms with Crippen molar-refractivity contribution in [3.05, 3.63) is 29.8 Å². The van der Waals surface area contributed by atoms with Gasteiger partial charge in [-0.1, -0.05) is 26.0 Å². The summed E-state index contributed by atoms with van der Waals surface area (Å²) in [5.74, 6) is -1.11. The largest absolute Gasteiger partial charge is 0.480 e. The van der Waals surface area contributed by atoms with Crippen molar-refractivity contribution < 1.29 is 19.8 Å². The highest BCUT2D eigenvalue weighted by Crippen LogP contribution is 2.45. The zero-order valence-electron chi connectivity index (χ0n) is 15.5. The van der Waals surface area contributed by atoms with Crippen LogP contribution in [0.15, 0.2) is 24.3 Å². The van der Waals surface area contributed by atoms with E-state index in [2.05, 4.69) is 10.2 Å². The molecule has 2 saturated heterocycles.